The Balaban J connectivity index is 1.94. The normalized spacial score (nSPS) is 11.0. The van der Waals surface area contributed by atoms with Crippen molar-refractivity contribution in [2.75, 3.05) is 12.8 Å². The van der Waals surface area contributed by atoms with E-state index < -0.39 is 5.82 Å². The molecule has 1 amide bonds. The molecular formula is C14H12FN3OS2. The van der Waals surface area contributed by atoms with E-state index in [1.807, 2.05) is 5.38 Å². The van der Waals surface area contributed by atoms with E-state index in [1.165, 1.54) is 33.6 Å². The molecule has 21 heavy (non-hydrogen) atoms. The second-order valence-corrected chi connectivity index (χ2v) is 6.37. The molecule has 0 aliphatic carbocycles. The number of thiophene rings is 1. The average molecular weight is 321 g/mol. The van der Waals surface area contributed by atoms with Gasteiger partial charge in [-0.15, -0.1) is 22.7 Å². The summed E-state index contributed by atoms with van der Waals surface area (Å²) in [5, 5.41) is 2.21. The Morgan fingerprint density at radius 3 is 2.95 bits per heavy atom. The second kappa shape index (κ2) is 5.42. The number of anilines is 1. The first-order chi connectivity index (χ1) is 10.1. The van der Waals surface area contributed by atoms with Crippen molar-refractivity contribution in [3.05, 3.63) is 45.5 Å². The minimum absolute atomic E-state index is 0.211. The summed E-state index contributed by atoms with van der Waals surface area (Å²) in [5.74, 6) is -0.622. The number of rotatable bonds is 3. The highest BCUT2D eigenvalue weighted by Gasteiger charge is 2.21. The van der Waals surface area contributed by atoms with Crippen LogP contribution in [0.25, 0.3) is 10.1 Å². The van der Waals surface area contributed by atoms with Gasteiger partial charge < -0.3 is 10.6 Å². The highest BCUT2D eigenvalue weighted by molar-refractivity contribution is 7.21. The highest BCUT2D eigenvalue weighted by atomic mass is 32.1. The van der Waals surface area contributed by atoms with E-state index in [1.54, 1.807) is 24.7 Å². The van der Waals surface area contributed by atoms with Crippen LogP contribution in [0.3, 0.4) is 0 Å². The number of fused-ring (bicyclic) bond motifs is 1. The lowest BCUT2D eigenvalue weighted by molar-refractivity contribution is 0.0789. The predicted molar refractivity (Wildman–Crippen MR) is 84.1 cm³/mol. The monoisotopic (exact) mass is 321 g/mol. The van der Waals surface area contributed by atoms with Gasteiger partial charge in [-0.1, -0.05) is 6.07 Å². The van der Waals surface area contributed by atoms with Gasteiger partial charge >= 0.3 is 0 Å². The van der Waals surface area contributed by atoms with Crippen molar-refractivity contribution in [2.24, 2.45) is 0 Å². The Kier molecular flexibility index (Phi) is 3.60. The van der Waals surface area contributed by atoms with E-state index in [9.17, 15) is 9.18 Å². The number of aromatic nitrogens is 1. The standard InChI is InChI=1S/C14H12FN3OS2/c1-18(5-8-6-20-7-17-8)14(19)13-12(16)11-9(15)3-2-4-10(11)21-13/h2-4,6-7H,5,16H2,1H3. The minimum Gasteiger partial charge on any atom is -0.397 e. The molecule has 3 aromatic rings. The van der Waals surface area contributed by atoms with Crippen molar-refractivity contribution in [3.63, 3.8) is 0 Å². The molecule has 7 heteroatoms. The van der Waals surface area contributed by atoms with Crippen molar-refractivity contribution < 1.29 is 9.18 Å². The summed E-state index contributed by atoms with van der Waals surface area (Å²) in [5.41, 5.74) is 8.71. The van der Waals surface area contributed by atoms with Gasteiger partial charge in [-0.2, -0.15) is 0 Å². The fourth-order valence-corrected chi connectivity index (χ4v) is 3.77. The molecule has 0 atom stereocenters. The van der Waals surface area contributed by atoms with Gasteiger partial charge in [-0.05, 0) is 12.1 Å². The lowest BCUT2D eigenvalue weighted by Gasteiger charge is -2.15. The van der Waals surface area contributed by atoms with Crippen molar-refractivity contribution >= 4 is 44.4 Å². The molecule has 0 unspecified atom stereocenters. The molecule has 0 radical (unpaired) electrons. The molecule has 0 aliphatic rings. The molecule has 0 saturated heterocycles. The van der Waals surface area contributed by atoms with E-state index in [-0.39, 0.29) is 11.6 Å². The Morgan fingerprint density at radius 2 is 2.29 bits per heavy atom. The largest absolute Gasteiger partial charge is 0.397 e. The summed E-state index contributed by atoms with van der Waals surface area (Å²) in [4.78, 5) is 18.5. The van der Waals surface area contributed by atoms with Crippen LogP contribution in [0.5, 0.6) is 0 Å². The SMILES string of the molecule is CN(Cc1cscn1)C(=O)c1sc2cccc(F)c2c1N. The second-order valence-electron chi connectivity index (χ2n) is 4.60. The Labute approximate surface area is 128 Å². The van der Waals surface area contributed by atoms with E-state index in [0.717, 1.165) is 5.69 Å². The van der Waals surface area contributed by atoms with Crippen LogP contribution < -0.4 is 5.73 Å². The molecule has 0 aliphatic heterocycles. The molecule has 108 valence electrons. The van der Waals surface area contributed by atoms with Crippen LogP contribution in [0.1, 0.15) is 15.4 Å². The zero-order chi connectivity index (χ0) is 15.0. The lowest BCUT2D eigenvalue weighted by Crippen LogP contribution is -2.26. The van der Waals surface area contributed by atoms with Crippen molar-refractivity contribution in [1.29, 1.82) is 0 Å². The van der Waals surface area contributed by atoms with Crippen molar-refractivity contribution in [2.45, 2.75) is 6.54 Å². The average Bonchev–Trinajstić information content (AvgIpc) is 3.07. The van der Waals surface area contributed by atoms with Crippen LogP contribution in [-0.4, -0.2) is 22.8 Å². The maximum Gasteiger partial charge on any atom is 0.266 e. The van der Waals surface area contributed by atoms with Gasteiger partial charge in [-0.25, -0.2) is 9.37 Å². The number of carbonyl (C=O) groups excluding carboxylic acids is 1. The maximum absolute atomic E-state index is 13.8. The minimum atomic E-state index is -0.401. The fraction of sp³-hybridized carbons (Fsp3) is 0.143. The van der Waals surface area contributed by atoms with Crippen LogP contribution in [0.2, 0.25) is 0 Å². The molecule has 2 aromatic heterocycles. The topological polar surface area (TPSA) is 59.2 Å². The van der Waals surface area contributed by atoms with Gasteiger partial charge in [0, 0.05) is 17.1 Å². The third-order valence-electron chi connectivity index (χ3n) is 3.12. The third-order valence-corrected chi connectivity index (χ3v) is 4.92. The van der Waals surface area contributed by atoms with Gasteiger partial charge in [0.05, 0.1) is 28.8 Å². The number of carbonyl (C=O) groups is 1. The molecule has 3 rings (SSSR count). The highest BCUT2D eigenvalue weighted by Crippen LogP contribution is 2.35. The fourth-order valence-electron chi connectivity index (χ4n) is 2.09. The van der Waals surface area contributed by atoms with E-state index in [4.69, 9.17) is 5.73 Å². The van der Waals surface area contributed by atoms with Crippen molar-refractivity contribution in [3.8, 4) is 0 Å². The molecule has 0 saturated carbocycles. The number of hydrogen-bond donors (Lipinski definition) is 1. The van der Waals surface area contributed by atoms with Gasteiger partial charge in [0.25, 0.3) is 5.91 Å². The smallest absolute Gasteiger partial charge is 0.266 e. The Bertz CT molecular complexity index is 798. The Hall–Kier alpha value is -1.99. The quantitative estimate of drug-likeness (QED) is 0.805. The first-order valence-corrected chi connectivity index (χ1v) is 7.93. The van der Waals surface area contributed by atoms with E-state index in [0.29, 0.717) is 21.5 Å². The predicted octanol–water partition coefficient (Wildman–Crippen LogP) is 3.35. The zero-order valence-corrected chi connectivity index (χ0v) is 12.8. The Morgan fingerprint density at radius 1 is 1.48 bits per heavy atom. The molecule has 1 aromatic carbocycles. The summed E-state index contributed by atoms with van der Waals surface area (Å²) in [6.07, 6.45) is 0. The maximum atomic E-state index is 13.8. The van der Waals surface area contributed by atoms with Gasteiger partial charge in [0.1, 0.15) is 10.7 Å². The molecular weight excluding hydrogens is 309 g/mol. The van der Waals surface area contributed by atoms with Crippen LogP contribution in [0.15, 0.2) is 29.1 Å². The van der Waals surface area contributed by atoms with Gasteiger partial charge in [0.15, 0.2) is 0 Å². The molecule has 2 N–H and O–H groups in total. The number of nitrogen functional groups attached to an aromatic ring is 1. The summed E-state index contributed by atoms with van der Waals surface area (Å²) >= 11 is 2.69. The number of nitrogens with two attached hydrogens (primary N) is 1. The summed E-state index contributed by atoms with van der Waals surface area (Å²) in [6, 6.07) is 4.72. The van der Waals surface area contributed by atoms with Crippen LogP contribution in [0.4, 0.5) is 10.1 Å². The molecule has 0 spiro atoms. The van der Waals surface area contributed by atoms with Crippen LogP contribution >= 0.6 is 22.7 Å². The molecule has 4 nitrogen and oxygen atoms in total. The molecule has 0 bridgehead atoms. The van der Waals surface area contributed by atoms with Crippen molar-refractivity contribution in [1.82, 2.24) is 9.88 Å². The first-order valence-electron chi connectivity index (χ1n) is 6.17. The molecule has 2 heterocycles. The van der Waals surface area contributed by atoms with Crippen LogP contribution in [0, 0.1) is 5.82 Å². The number of halogens is 1. The summed E-state index contributed by atoms with van der Waals surface area (Å²) in [6.45, 7) is 0.401. The number of nitrogens with zero attached hydrogens (tertiary/aromatic N) is 2. The number of hydrogen-bond acceptors (Lipinski definition) is 5. The third kappa shape index (κ3) is 2.50. The summed E-state index contributed by atoms with van der Waals surface area (Å²) in [7, 11) is 1.68. The zero-order valence-electron chi connectivity index (χ0n) is 11.2. The number of benzene rings is 1. The van der Waals surface area contributed by atoms with Crippen LogP contribution in [-0.2, 0) is 6.54 Å². The first kappa shape index (κ1) is 14.0. The summed E-state index contributed by atoms with van der Waals surface area (Å²) < 4.78 is 14.5. The number of amides is 1. The lowest BCUT2D eigenvalue weighted by atomic mass is 10.2. The van der Waals surface area contributed by atoms with Gasteiger partial charge in [-0.3, -0.25) is 4.79 Å². The number of thiazole rings is 1. The molecule has 0 fully saturated rings. The van der Waals surface area contributed by atoms with Gasteiger partial charge in [0.2, 0.25) is 0 Å². The van der Waals surface area contributed by atoms with E-state index in [2.05, 4.69) is 4.98 Å². The van der Waals surface area contributed by atoms with E-state index >= 15 is 0 Å².